The van der Waals surface area contributed by atoms with Crippen LogP contribution in [0.3, 0.4) is 0 Å². The Balaban J connectivity index is 1.17. The highest BCUT2D eigenvalue weighted by Crippen LogP contribution is 2.40. The molecule has 9 heteroatoms. The smallest absolute Gasteiger partial charge is 0.222 e. The number of fused-ring (bicyclic) bond motifs is 8. The van der Waals surface area contributed by atoms with Crippen LogP contribution in [0.5, 0.6) is 0 Å². The molecule has 0 spiro atoms. The molecule has 6 rings (SSSR count). The maximum Gasteiger partial charge on any atom is 0.222 e. The topological polar surface area (TPSA) is 100 Å². The molecule has 2 atom stereocenters. The quantitative estimate of drug-likeness (QED) is 0.101. The van der Waals surface area contributed by atoms with Crippen LogP contribution >= 0.6 is 0 Å². The van der Waals surface area contributed by atoms with Gasteiger partial charge in [-0.05, 0) is 98.7 Å². The van der Waals surface area contributed by atoms with E-state index < -0.39 is 0 Å². The van der Waals surface area contributed by atoms with Gasteiger partial charge in [0, 0.05) is 83.0 Å². The van der Waals surface area contributed by atoms with Crippen LogP contribution in [0.15, 0.2) is 61.4 Å². The van der Waals surface area contributed by atoms with Crippen LogP contribution in [0.1, 0.15) is 96.9 Å². The Kier molecular flexibility index (Phi) is 12.1. The van der Waals surface area contributed by atoms with Gasteiger partial charge in [-0.2, -0.15) is 0 Å². The molecule has 6 heterocycles. The Morgan fingerprint density at radius 1 is 0.906 bits per heavy atom. The molecular formula is C44H55N6O3+. The molecule has 0 radical (unpaired) electrons. The van der Waals surface area contributed by atoms with Gasteiger partial charge in [0.15, 0.2) is 18.9 Å². The zero-order chi connectivity index (χ0) is 37.6. The number of likely N-dealkylation sites (N-methyl/N-ethyl adjacent to an activating group) is 1. The molecule has 0 saturated carbocycles. The predicted octanol–water partition coefficient (Wildman–Crippen LogP) is 8.37. The lowest BCUT2D eigenvalue weighted by Crippen LogP contribution is -2.35. The second kappa shape index (κ2) is 16.9. The van der Waals surface area contributed by atoms with Gasteiger partial charge >= 0.3 is 0 Å². The monoisotopic (exact) mass is 715 g/mol. The molecule has 4 aromatic heterocycles. The first kappa shape index (κ1) is 37.9. The summed E-state index contributed by atoms with van der Waals surface area (Å²) in [6.07, 6.45) is 8.06. The van der Waals surface area contributed by atoms with E-state index in [2.05, 4.69) is 118 Å². The number of hydrogen-bond donors (Lipinski definition) is 2. The van der Waals surface area contributed by atoms with Gasteiger partial charge in [-0.15, -0.1) is 0 Å². The third-order valence-electron chi connectivity index (χ3n) is 10.8. The number of aromatic amines is 2. The molecule has 2 aliphatic heterocycles. The zero-order valence-corrected chi connectivity index (χ0v) is 32.5. The van der Waals surface area contributed by atoms with Crippen LogP contribution in [0.25, 0.3) is 39.3 Å². The van der Waals surface area contributed by atoms with Crippen molar-refractivity contribution >= 4 is 45.2 Å². The Morgan fingerprint density at radius 3 is 2.38 bits per heavy atom. The lowest BCUT2D eigenvalue weighted by Gasteiger charge is -2.20. The summed E-state index contributed by atoms with van der Waals surface area (Å²) in [6, 6.07) is 15.0. The molecule has 9 nitrogen and oxygen atoms in total. The molecule has 8 bridgehead atoms. The van der Waals surface area contributed by atoms with Crippen molar-refractivity contribution in [2.24, 2.45) is 0 Å². The van der Waals surface area contributed by atoms with E-state index in [4.69, 9.17) is 19.4 Å². The number of hydrogen-bond acceptors (Lipinski definition) is 5. The first-order chi connectivity index (χ1) is 25.6. The largest absolute Gasteiger partial charge is 0.377 e. The second-order valence-electron chi connectivity index (χ2n) is 14.5. The van der Waals surface area contributed by atoms with Crippen LogP contribution in [-0.4, -0.2) is 70.8 Å². The number of H-pyrrole nitrogens is 2. The molecule has 0 fully saturated rings. The number of allylic oxidation sites excluding steroid dienone is 2. The van der Waals surface area contributed by atoms with Crippen LogP contribution in [0.4, 0.5) is 0 Å². The van der Waals surface area contributed by atoms with Gasteiger partial charge in [-0.1, -0.05) is 26.5 Å². The zero-order valence-electron chi connectivity index (χ0n) is 32.5. The molecule has 0 unspecified atom stereocenters. The molecule has 53 heavy (non-hydrogen) atoms. The fourth-order valence-corrected chi connectivity index (χ4v) is 7.38. The average Bonchev–Trinajstić information content (AvgIpc) is 3.82. The van der Waals surface area contributed by atoms with Gasteiger partial charge in [0.2, 0.25) is 5.91 Å². The van der Waals surface area contributed by atoms with Gasteiger partial charge in [0.05, 0.1) is 31.2 Å². The number of aryl methyl sites for hydroxylation is 3. The number of amides is 1. The molecular weight excluding hydrogens is 661 g/mol. The van der Waals surface area contributed by atoms with Gasteiger partial charge in [-0.25, -0.2) is 9.55 Å². The van der Waals surface area contributed by atoms with Crippen LogP contribution in [0, 0.1) is 20.8 Å². The van der Waals surface area contributed by atoms with E-state index in [1.54, 1.807) is 4.90 Å². The highest BCUT2D eigenvalue weighted by atomic mass is 16.5. The Morgan fingerprint density at radius 2 is 1.64 bits per heavy atom. The Hall–Kier alpha value is -4.86. The van der Waals surface area contributed by atoms with Crippen LogP contribution in [0.2, 0.25) is 0 Å². The average molecular weight is 716 g/mol. The van der Waals surface area contributed by atoms with Gasteiger partial charge in [0.25, 0.3) is 0 Å². The molecule has 278 valence electrons. The van der Waals surface area contributed by atoms with Crippen molar-refractivity contribution in [3.8, 4) is 0 Å². The SMILES string of the molecule is C=Cc1c(C)c2cc3nc(cc4cc(C)c(cc5nc(cc1[nH]2)C(C)=C5CC)[nH]4)[C@@H](CCC(=O)N(C)CCOCCOCC[n+]1ccc(C)cc1)[C@@H]3C. The molecule has 2 N–H and O–H groups in total. The molecule has 0 aliphatic carbocycles. The lowest BCUT2D eigenvalue weighted by atomic mass is 9.87. The summed E-state index contributed by atoms with van der Waals surface area (Å²) in [5.74, 6) is 0.319. The molecule has 2 aliphatic rings. The standard InChI is InChI=1S/C44H55N6O3/c1-9-34-31(6)40-27-43-35(10-2)30(5)38(47-43)26-39-32(7)36(41(46-39)24-33-23-29(4)37(45-33)25-42(34)48-40)11-12-44(51)49(8)17-19-52-21-22-53-20-18-50-15-13-28(3)14-16-50/h10,13-16,23-27,32,36,45,47H,2,9,11-12,17-22H2,1,3-8H3/q+1/t32-,36-/m0/s1. The van der Waals surface area contributed by atoms with E-state index in [9.17, 15) is 4.79 Å². The summed E-state index contributed by atoms with van der Waals surface area (Å²) in [5.41, 5.74) is 15.0. The second-order valence-corrected chi connectivity index (χ2v) is 14.5. The fourth-order valence-electron chi connectivity index (χ4n) is 7.38. The fraction of sp³-hybridized carbons (Fsp3) is 0.409. The van der Waals surface area contributed by atoms with Crippen LogP contribution < -0.4 is 4.57 Å². The Labute approximate surface area is 313 Å². The van der Waals surface area contributed by atoms with E-state index in [-0.39, 0.29) is 17.7 Å². The van der Waals surface area contributed by atoms with E-state index in [1.165, 1.54) is 16.7 Å². The summed E-state index contributed by atoms with van der Waals surface area (Å²) >= 11 is 0. The summed E-state index contributed by atoms with van der Waals surface area (Å²) in [4.78, 5) is 32.8. The number of aromatic nitrogens is 5. The van der Waals surface area contributed by atoms with Crippen molar-refractivity contribution in [1.82, 2.24) is 24.8 Å². The van der Waals surface area contributed by atoms with E-state index in [0.717, 1.165) is 74.5 Å². The summed E-state index contributed by atoms with van der Waals surface area (Å²) < 4.78 is 13.6. The maximum atomic E-state index is 13.4. The van der Waals surface area contributed by atoms with Crippen molar-refractivity contribution in [2.45, 2.75) is 79.2 Å². The van der Waals surface area contributed by atoms with E-state index in [1.807, 2.05) is 13.1 Å². The van der Waals surface area contributed by atoms with Crippen molar-refractivity contribution in [1.29, 1.82) is 0 Å². The number of nitrogens with one attached hydrogen (secondary N) is 2. The van der Waals surface area contributed by atoms with Crippen molar-refractivity contribution in [3.05, 3.63) is 106 Å². The molecule has 0 aromatic carbocycles. The first-order valence-electron chi connectivity index (χ1n) is 19.0. The minimum Gasteiger partial charge on any atom is -0.377 e. The molecule has 0 saturated heterocycles. The normalized spacial score (nSPS) is 15.6. The van der Waals surface area contributed by atoms with Crippen molar-refractivity contribution in [2.75, 3.05) is 40.0 Å². The number of carbonyl (C=O) groups excluding carboxylic acids is 1. The summed E-state index contributed by atoms with van der Waals surface area (Å²) in [5, 5.41) is 0. The van der Waals surface area contributed by atoms with E-state index in [0.29, 0.717) is 45.8 Å². The summed E-state index contributed by atoms with van der Waals surface area (Å²) in [6.45, 7) is 20.5. The van der Waals surface area contributed by atoms with Gasteiger partial charge < -0.3 is 24.3 Å². The number of rotatable bonds is 14. The highest BCUT2D eigenvalue weighted by molar-refractivity contribution is 5.93. The number of carbonyl (C=O) groups is 1. The lowest BCUT2D eigenvalue weighted by molar-refractivity contribution is -0.698. The van der Waals surface area contributed by atoms with Gasteiger partial charge in [0.1, 0.15) is 6.61 Å². The van der Waals surface area contributed by atoms with Crippen molar-refractivity contribution in [3.63, 3.8) is 0 Å². The minimum absolute atomic E-state index is 0.0881. The molecule has 1 amide bonds. The number of ether oxygens (including phenoxy) is 2. The first-order valence-corrected chi connectivity index (χ1v) is 19.0. The molecule has 4 aromatic rings. The summed E-state index contributed by atoms with van der Waals surface area (Å²) in [7, 11) is 1.85. The van der Waals surface area contributed by atoms with E-state index >= 15 is 0 Å². The highest BCUT2D eigenvalue weighted by Gasteiger charge is 2.30. The maximum absolute atomic E-state index is 13.4. The minimum atomic E-state index is 0.0881. The third kappa shape index (κ3) is 8.69. The predicted molar refractivity (Wildman–Crippen MR) is 214 cm³/mol. The van der Waals surface area contributed by atoms with Crippen molar-refractivity contribution < 1.29 is 18.8 Å². The van der Waals surface area contributed by atoms with Crippen LogP contribution in [-0.2, 0) is 20.8 Å². The van der Waals surface area contributed by atoms with Gasteiger partial charge in [-0.3, -0.25) is 9.78 Å². The number of nitrogens with zero attached hydrogens (tertiary/aromatic N) is 4. The third-order valence-corrected chi connectivity index (χ3v) is 10.8. The number of pyridine rings is 1. The Bertz CT molecular complexity index is 2160.